The number of hydrogen-bond acceptors (Lipinski definition) is 4. The second-order valence-electron chi connectivity index (χ2n) is 9.10. The summed E-state index contributed by atoms with van der Waals surface area (Å²) in [6, 6.07) is 7.89. The lowest BCUT2D eigenvalue weighted by Crippen LogP contribution is -2.62. The monoisotopic (exact) mass is 412 g/mol. The van der Waals surface area contributed by atoms with Crippen molar-refractivity contribution in [3.63, 3.8) is 0 Å². The number of likely N-dealkylation sites (tertiary alicyclic amines) is 1. The number of carbonyl (C=O) groups excluding carboxylic acids is 3. The van der Waals surface area contributed by atoms with Crippen LogP contribution in [-0.2, 0) is 9.59 Å². The van der Waals surface area contributed by atoms with E-state index in [1.54, 1.807) is 11.0 Å². The molecule has 0 aromatic heterocycles. The number of nitrogens with zero attached hydrogens (tertiary/aromatic N) is 4. The molecule has 1 unspecified atom stereocenters. The van der Waals surface area contributed by atoms with Gasteiger partial charge in [0.25, 0.3) is 5.91 Å². The van der Waals surface area contributed by atoms with Crippen molar-refractivity contribution < 1.29 is 14.4 Å². The molecule has 0 N–H and O–H groups in total. The number of fused-ring (bicyclic) bond motifs is 3. The second-order valence-corrected chi connectivity index (χ2v) is 9.10. The van der Waals surface area contributed by atoms with Crippen LogP contribution in [0.25, 0.3) is 0 Å². The summed E-state index contributed by atoms with van der Waals surface area (Å²) in [5.74, 6) is 0.183. The third-order valence-corrected chi connectivity index (χ3v) is 7.07. The number of hydrogen-bond donors (Lipinski definition) is 0. The predicted molar refractivity (Wildman–Crippen MR) is 115 cm³/mol. The summed E-state index contributed by atoms with van der Waals surface area (Å²) in [5, 5.41) is 0. The van der Waals surface area contributed by atoms with Crippen LogP contribution in [0, 0.1) is 0 Å². The fraction of sp³-hybridized carbons (Fsp3) is 0.609. The molecular weight excluding hydrogens is 380 g/mol. The average Bonchev–Trinajstić information content (AvgIpc) is 3.05. The maximum Gasteiger partial charge on any atom is 0.257 e. The van der Waals surface area contributed by atoms with Crippen LogP contribution in [-0.4, -0.2) is 77.9 Å². The van der Waals surface area contributed by atoms with E-state index in [1.807, 2.05) is 34.9 Å². The number of rotatable bonds is 5. The van der Waals surface area contributed by atoms with Crippen molar-refractivity contribution in [1.29, 1.82) is 0 Å². The summed E-state index contributed by atoms with van der Waals surface area (Å²) in [6.07, 6.45) is 4.12. The minimum atomic E-state index is -0.643. The molecule has 3 amide bonds. The lowest BCUT2D eigenvalue weighted by Gasteiger charge is -2.48. The van der Waals surface area contributed by atoms with Crippen LogP contribution >= 0.6 is 0 Å². The molecule has 2 fully saturated rings. The zero-order valence-corrected chi connectivity index (χ0v) is 18.3. The van der Waals surface area contributed by atoms with Crippen molar-refractivity contribution in [1.82, 2.24) is 14.7 Å². The minimum Gasteiger partial charge on any atom is -0.343 e. The van der Waals surface area contributed by atoms with E-state index in [0.717, 1.165) is 25.9 Å². The van der Waals surface area contributed by atoms with E-state index in [2.05, 4.69) is 19.0 Å². The van der Waals surface area contributed by atoms with Gasteiger partial charge in [0, 0.05) is 38.5 Å². The molecular formula is C23H32N4O3. The Morgan fingerprint density at radius 2 is 1.87 bits per heavy atom. The molecule has 0 spiro atoms. The van der Waals surface area contributed by atoms with Gasteiger partial charge in [-0.1, -0.05) is 12.1 Å². The maximum atomic E-state index is 13.2. The van der Waals surface area contributed by atoms with Crippen molar-refractivity contribution in [3.05, 3.63) is 29.8 Å². The molecule has 4 rings (SSSR count). The van der Waals surface area contributed by atoms with E-state index in [4.69, 9.17) is 0 Å². The Labute approximate surface area is 178 Å². The number of para-hydroxylation sites is 1. The van der Waals surface area contributed by atoms with E-state index in [0.29, 0.717) is 49.5 Å². The highest BCUT2D eigenvalue weighted by Gasteiger charge is 2.52. The number of piperidine rings is 1. The third kappa shape index (κ3) is 3.49. The molecule has 7 heteroatoms. The zero-order chi connectivity index (χ0) is 21.5. The van der Waals surface area contributed by atoms with E-state index >= 15 is 0 Å². The molecule has 1 atom stereocenters. The summed E-state index contributed by atoms with van der Waals surface area (Å²) < 4.78 is 0. The Kier molecular flexibility index (Phi) is 5.57. The first-order valence-corrected chi connectivity index (χ1v) is 11.0. The Balaban J connectivity index is 1.41. The molecule has 3 aliphatic rings. The molecule has 0 bridgehead atoms. The number of amides is 3. The van der Waals surface area contributed by atoms with Crippen LogP contribution in [0.2, 0.25) is 0 Å². The first-order valence-electron chi connectivity index (χ1n) is 11.0. The fourth-order valence-electron chi connectivity index (χ4n) is 5.22. The number of carbonyl (C=O) groups is 3. The molecule has 7 nitrogen and oxygen atoms in total. The molecule has 3 aliphatic heterocycles. The fourth-order valence-corrected chi connectivity index (χ4v) is 5.22. The second kappa shape index (κ2) is 8.02. The maximum absolute atomic E-state index is 13.2. The Bertz CT molecular complexity index is 847. The average molecular weight is 413 g/mol. The van der Waals surface area contributed by atoms with Crippen LogP contribution in [0.4, 0.5) is 5.69 Å². The minimum absolute atomic E-state index is 0.0432. The predicted octanol–water partition coefficient (Wildman–Crippen LogP) is 2.32. The molecule has 162 valence electrons. The number of benzene rings is 1. The standard InChI is InChI=1S/C23H32N4O3/c1-23-13-10-21(29)27(23)19-8-5-4-7-18(19)22(30)26(23)14-6-9-20(28)25-15-11-17(12-16-25)24(2)3/h4-5,7-8,17H,6,9-16H2,1-3H3. The summed E-state index contributed by atoms with van der Waals surface area (Å²) in [4.78, 5) is 46.3. The van der Waals surface area contributed by atoms with Crippen LogP contribution in [0.3, 0.4) is 0 Å². The summed E-state index contributed by atoms with van der Waals surface area (Å²) in [6.45, 7) is 4.06. The molecule has 2 saturated heterocycles. The van der Waals surface area contributed by atoms with E-state index in [9.17, 15) is 14.4 Å². The van der Waals surface area contributed by atoms with E-state index < -0.39 is 5.66 Å². The Morgan fingerprint density at radius 3 is 2.57 bits per heavy atom. The lowest BCUT2D eigenvalue weighted by atomic mass is 9.97. The van der Waals surface area contributed by atoms with Gasteiger partial charge < -0.3 is 14.7 Å². The molecule has 30 heavy (non-hydrogen) atoms. The van der Waals surface area contributed by atoms with Crippen LogP contribution in [0.15, 0.2) is 24.3 Å². The Hall–Kier alpha value is -2.41. The quantitative estimate of drug-likeness (QED) is 0.745. The molecule has 1 aromatic rings. The summed E-state index contributed by atoms with van der Waals surface area (Å²) >= 11 is 0. The van der Waals surface area contributed by atoms with Crippen molar-refractivity contribution in [2.75, 3.05) is 38.6 Å². The first-order chi connectivity index (χ1) is 14.3. The highest BCUT2D eigenvalue weighted by Crippen LogP contribution is 2.44. The lowest BCUT2D eigenvalue weighted by molar-refractivity contribution is -0.133. The van der Waals surface area contributed by atoms with Gasteiger partial charge in [0.2, 0.25) is 11.8 Å². The van der Waals surface area contributed by atoms with E-state index in [1.165, 1.54) is 0 Å². The van der Waals surface area contributed by atoms with Crippen molar-refractivity contribution in [2.24, 2.45) is 0 Å². The van der Waals surface area contributed by atoms with Gasteiger partial charge in [0.15, 0.2) is 0 Å². The highest BCUT2D eigenvalue weighted by atomic mass is 16.2. The molecule has 1 aromatic carbocycles. The summed E-state index contributed by atoms with van der Waals surface area (Å²) in [7, 11) is 4.18. The SMILES string of the molecule is CN(C)C1CCN(C(=O)CCCN2C(=O)c3ccccc3N3C(=O)CCC23C)CC1. The van der Waals surface area contributed by atoms with Crippen molar-refractivity contribution in [2.45, 2.75) is 57.2 Å². The first kappa shape index (κ1) is 20.8. The Morgan fingerprint density at radius 1 is 1.17 bits per heavy atom. The van der Waals surface area contributed by atoms with Gasteiger partial charge in [0.1, 0.15) is 5.66 Å². The third-order valence-electron chi connectivity index (χ3n) is 7.07. The smallest absolute Gasteiger partial charge is 0.257 e. The van der Waals surface area contributed by atoms with Gasteiger partial charge in [-0.05, 0) is 58.8 Å². The molecule has 0 saturated carbocycles. The highest BCUT2D eigenvalue weighted by molar-refractivity contribution is 6.10. The van der Waals surface area contributed by atoms with Crippen LogP contribution in [0.1, 0.15) is 55.8 Å². The van der Waals surface area contributed by atoms with E-state index in [-0.39, 0.29) is 17.7 Å². The van der Waals surface area contributed by atoms with Crippen molar-refractivity contribution in [3.8, 4) is 0 Å². The van der Waals surface area contributed by atoms with Gasteiger partial charge >= 0.3 is 0 Å². The molecule has 0 aliphatic carbocycles. The normalized spacial score (nSPS) is 24.5. The molecule has 3 heterocycles. The summed E-state index contributed by atoms with van der Waals surface area (Å²) in [5.41, 5.74) is 0.640. The van der Waals surface area contributed by atoms with Crippen LogP contribution < -0.4 is 4.90 Å². The largest absolute Gasteiger partial charge is 0.343 e. The number of anilines is 1. The zero-order valence-electron chi connectivity index (χ0n) is 18.3. The van der Waals surface area contributed by atoms with Gasteiger partial charge in [0.05, 0.1) is 11.3 Å². The molecule has 0 radical (unpaired) electrons. The van der Waals surface area contributed by atoms with Gasteiger partial charge in [-0.25, -0.2) is 0 Å². The van der Waals surface area contributed by atoms with Gasteiger partial charge in [-0.3, -0.25) is 19.3 Å². The topological polar surface area (TPSA) is 64.2 Å². The van der Waals surface area contributed by atoms with Gasteiger partial charge in [-0.2, -0.15) is 0 Å². The van der Waals surface area contributed by atoms with Crippen LogP contribution in [0.5, 0.6) is 0 Å². The van der Waals surface area contributed by atoms with Gasteiger partial charge in [-0.15, -0.1) is 0 Å². The van der Waals surface area contributed by atoms with Crippen molar-refractivity contribution >= 4 is 23.4 Å².